The predicted octanol–water partition coefficient (Wildman–Crippen LogP) is 2.35. The smallest absolute Gasteiger partial charge is 0.292 e. The predicted molar refractivity (Wildman–Crippen MR) is 88.7 cm³/mol. The van der Waals surface area contributed by atoms with Gasteiger partial charge in [-0.05, 0) is 33.3 Å². The zero-order valence-electron chi connectivity index (χ0n) is 14.0. The van der Waals surface area contributed by atoms with Gasteiger partial charge in [0.15, 0.2) is 0 Å². The van der Waals surface area contributed by atoms with E-state index >= 15 is 0 Å². The van der Waals surface area contributed by atoms with E-state index in [0.717, 1.165) is 10.4 Å². The fraction of sp³-hybridized carbons (Fsp3) is 0.562. The first kappa shape index (κ1) is 17.6. The summed E-state index contributed by atoms with van der Waals surface area (Å²) in [6.45, 7) is 9.32. The van der Waals surface area contributed by atoms with E-state index in [-0.39, 0.29) is 12.0 Å². The molecule has 0 unspecified atom stereocenters. The van der Waals surface area contributed by atoms with E-state index in [1.165, 1.54) is 11.3 Å². The molecular formula is C16H22N2O4S. The SMILES string of the molecule is CCC(=O)C(=O)Nc1sc2c(c1C(N)=O)CC(C)(C)OC2(C)C. The molecule has 0 aromatic carbocycles. The molecule has 2 heterocycles. The third-order valence-electron chi connectivity index (χ3n) is 3.74. The number of fused-ring (bicyclic) bond motifs is 1. The average Bonchev–Trinajstić information content (AvgIpc) is 2.74. The summed E-state index contributed by atoms with van der Waals surface area (Å²) in [6.07, 6.45) is 0.614. The maximum absolute atomic E-state index is 11.9. The van der Waals surface area contributed by atoms with Crippen molar-refractivity contribution in [1.82, 2.24) is 0 Å². The van der Waals surface area contributed by atoms with Crippen molar-refractivity contribution in [2.24, 2.45) is 5.73 Å². The second-order valence-corrected chi connectivity index (χ2v) is 7.78. The first-order valence-electron chi connectivity index (χ1n) is 7.49. The van der Waals surface area contributed by atoms with Crippen molar-refractivity contribution in [3.05, 3.63) is 16.0 Å². The number of carbonyl (C=O) groups is 3. The third-order valence-corrected chi connectivity index (χ3v) is 5.19. The minimum absolute atomic E-state index is 0.102. The number of hydrogen-bond acceptors (Lipinski definition) is 5. The Morgan fingerprint density at radius 3 is 2.39 bits per heavy atom. The topological polar surface area (TPSA) is 98.5 Å². The molecule has 1 aliphatic heterocycles. The van der Waals surface area contributed by atoms with Crippen LogP contribution in [0.2, 0.25) is 0 Å². The molecule has 23 heavy (non-hydrogen) atoms. The number of Topliss-reactive ketones (excluding diaryl/α,β-unsaturated/α-hetero) is 1. The molecule has 126 valence electrons. The molecule has 2 rings (SSSR count). The van der Waals surface area contributed by atoms with Gasteiger partial charge in [-0.15, -0.1) is 11.3 Å². The summed E-state index contributed by atoms with van der Waals surface area (Å²) in [5.74, 6) is -1.88. The molecule has 1 aromatic rings. The number of ketones is 1. The maximum Gasteiger partial charge on any atom is 0.292 e. The number of anilines is 1. The molecule has 1 aliphatic rings. The van der Waals surface area contributed by atoms with E-state index < -0.39 is 28.8 Å². The number of amides is 2. The van der Waals surface area contributed by atoms with Gasteiger partial charge in [-0.3, -0.25) is 14.4 Å². The molecule has 0 radical (unpaired) electrons. The van der Waals surface area contributed by atoms with Crippen LogP contribution in [0, 0.1) is 0 Å². The highest BCUT2D eigenvalue weighted by molar-refractivity contribution is 7.17. The highest BCUT2D eigenvalue weighted by atomic mass is 32.1. The number of nitrogens with two attached hydrogens (primary N) is 1. The first-order valence-corrected chi connectivity index (χ1v) is 8.30. The first-order chi connectivity index (χ1) is 10.5. The van der Waals surface area contributed by atoms with Crippen LogP contribution in [-0.4, -0.2) is 23.2 Å². The highest BCUT2D eigenvalue weighted by Gasteiger charge is 2.43. The van der Waals surface area contributed by atoms with Crippen LogP contribution in [0.3, 0.4) is 0 Å². The van der Waals surface area contributed by atoms with Gasteiger partial charge in [-0.2, -0.15) is 0 Å². The van der Waals surface area contributed by atoms with Crippen molar-refractivity contribution >= 4 is 33.9 Å². The van der Waals surface area contributed by atoms with E-state index in [1.807, 2.05) is 27.7 Å². The summed E-state index contributed by atoms with van der Waals surface area (Å²) in [6, 6.07) is 0. The minimum atomic E-state index is -0.730. The van der Waals surface area contributed by atoms with Gasteiger partial charge >= 0.3 is 0 Å². The van der Waals surface area contributed by atoms with E-state index in [0.29, 0.717) is 11.4 Å². The Morgan fingerprint density at radius 2 is 1.87 bits per heavy atom. The molecule has 7 heteroatoms. The van der Waals surface area contributed by atoms with E-state index in [2.05, 4.69) is 5.32 Å². The van der Waals surface area contributed by atoms with E-state index in [1.54, 1.807) is 6.92 Å². The summed E-state index contributed by atoms with van der Waals surface area (Å²) < 4.78 is 6.09. The minimum Gasteiger partial charge on any atom is -0.365 e. The van der Waals surface area contributed by atoms with Crippen molar-refractivity contribution in [3.63, 3.8) is 0 Å². The Kier molecular flexibility index (Phi) is 4.38. The molecule has 3 N–H and O–H groups in total. The van der Waals surface area contributed by atoms with Crippen molar-refractivity contribution in [3.8, 4) is 0 Å². The van der Waals surface area contributed by atoms with Crippen LogP contribution < -0.4 is 11.1 Å². The van der Waals surface area contributed by atoms with Crippen LogP contribution in [0.5, 0.6) is 0 Å². The van der Waals surface area contributed by atoms with Gasteiger partial charge in [0.1, 0.15) is 5.00 Å². The zero-order chi connectivity index (χ0) is 17.6. The fourth-order valence-electron chi connectivity index (χ4n) is 3.00. The third kappa shape index (κ3) is 3.30. The van der Waals surface area contributed by atoms with Crippen molar-refractivity contribution in [2.45, 2.75) is 58.7 Å². The maximum atomic E-state index is 11.9. The molecule has 0 fully saturated rings. The fourth-order valence-corrected chi connectivity index (χ4v) is 4.26. The standard InChI is InChI=1S/C16H22N2O4S/c1-6-9(19)13(21)18-14-10(12(17)20)8-7-15(2,3)22-16(4,5)11(8)23-14/h6-7H2,1-5H3,(H2,17,20)(H,18,21). The van der Waals surface area contributed by atoms with Crippen molar-refractivity contribution in [1.29, 1.82) is 0 Å². The van der Waals surface area contributed by atoms with Crippen LogP contribution in [0.4, 0.5) is 5.00 Å². The average molecular weight is 338 g/mol. The highest BCUT2D eigenvalue weighted by Crippen LogP contribution is 2.48. The number of rotatable bonds is 4. The Bertz CT molecular complexity index is 688. The van der Waals surface area contributed by atoms with Crippen molar-refractivity contribution in [2.75, 3.05) is 5.32 Å². The number of nitrogens with one attached hydrogen (secondary N) is 1. The van der Waals surface area contributed by atoms with Crippen LogP contribution in [0.1, 0.15) is 61.8 Å². The lowest BCUT2D eigenvalue weighted by Gasteiger charge is -2.41. The Balaban J connectivity index is 2.55. The van der Waals surface area contributed by atoms with Crippen LogP contribution in [-0.2, 0) is 26.3 Å². The monoisotopic (exact) mass is 338 g/mol. The summed E-state index contributed by atoms with van der Waals surface area (Å²) in [7, 11) is 0. The van der Waals surface area contributed by atoms with Gasteiger partial charge < -0.3 is 15.8 Å². The lowest BCUT2D eigenvalue weighted by Crippen LogP contribution is -2.42. The van der Waals surface area contributed by atoms with Crippen molar-refractivity contribution < 1.29 is 19.1 Å². The lowest BCUT2D eigenvalue weighted by molar-refractivity contribution is -0.135. The quantitative estimate of drug-likeness (QED) is 0.823. The number of primary amides is 1. The lowest BCUT2D eigenvalue weighted by atomic mass is 9.86. The number of carbonyl (C=O) groups excluding carboxylic acids is 3. The molecule has 6 nitrogen and oxygen atoms in total. The molecule has 0 saturated heterocycles. The normalized spacial score (nSPS) is 18.1. The number of ether oxygens (including phenoxy) is 1. The molecule has 1 aromatic heterocycles. The van der Waals surface area contributed by atoms with E-state index in [9.17, 15) is 14.4 Å². The van der Waals surface area contributed by atoms with Gasteiger partial charge in [0.05, 0.1) is 16.8 Å². The molecule has 0 aliphatic carbocycles. The largest absolute Gasteiger partial charge is 0.365 e. The van der Waals surface area contributed by atoms with Gasteiger partial charge in [-0.1, -0.05) is 6.92 Å². The molecule has 0 bridgehead atoms. The van der Waals surface area contributed by atoms with Gasteiger partial charge in [0.25, 0.3) is 11.8 Å². The Morgan fingerprint density at radius 1 is 1.26 bits per heavy atom. The molecular weight excluding hydrogens is 316 g/mol. The summed E-state index contributed by atoms with van der Waals surface area (Å²) >= 11 is 1.24. The number of thiophene rings is 1. The van der Waals surface area contributed by atoms with Crippen LogP contribution in [0.25, 0.3) is 0 Å². The zero-order valence-corrected chi connectivity index (χ0v) is 14.8. The summed E-state index contributed by atoms with van der Waals surface area (Å²) in [5.41, 5.74) is 5.55. The van der Waals surface area contributed by atoms with Gasteiger partial charge in [0.2, 0.25) is 5.78 Å². The number of hydrogen-bond donors (Lipinski definition) is 2. The van der Waals surface area contributed by atoms with Gasteiger partial charge in [0, 0.05) is 17.7 Å². The Hall–Kier alpha value is -1.73. The molecule has 0 spiro atoms. The van der Waals surface area contributed by atoms with E-state index in [4.69, 9.17) is 10.5 Å². The van der Waals surface area contributed by atoms with Gasteiger partial charge in [-0.25, -0.2) is 0 Å². The Labute approximate surface area is 139 Å². The van der Waals surface area contributed by atoms with Crippen LogP contribution in [0.15, 0.2) is 0 Å². The van der Waals surface area contributed by atoms with Crippen LogP contribution >= 0.6 is 11.3 Å². The molecule has 2 amide bonds. The molecule has 0 saturated carbocycles. The second-order valence-electron chi connectivity index (χ2n) is 6.76. The summed E-state index contributed by atoms with van der Waals surface area (Å²) in [5, 5.41) is 2.86. The summed E-state index contributed by atoms with van der Waals surface area (Å²) in [4.78, 5) is 36.2. The molecule has 0 atom stereocenters. The second kappa shape index (κ2) is 5.72.